The number of hydrogen-bond acceptors (Lipinski definition) is 10. The lowest BCUT2D eigenvalue weighted by Crippen LogP contribution is -2.60. The zero-order valence-corrected chi connectivity index (χ0v) is 37.5. The van der Waals surface area contributed by atoms with Crippen molar-refractivity contribution in [3.05, 3.63) is 71.8 Å². The van der Waals surface area contributed by atoms with Gasteiger partial charge in [-0.2, -0.15) is 0 Å². The Morgan fingerprint density at radius 1 is 0.825 bits per heavy atom. The number of nitrogens with one attached hydrogen (secondary N) is 6. The first-order chi connectivity index (χ1) is 30.0. The van der Waals surface area contributed by atoms with Gasteiger partial charge in [0.2, 0.25) is 29.5 Å². The van der Waals surface area contributed by atoms with E-state index in [1.165, 1.54) is 18.2 Å². The smallest absolute Gasteiger partial charge is 0.326 e. The first-order valence-corrected chi connectivity index (χ1v) is 23.0. The highest BCUT2D eigenvalue weighted by Gasteiger charge is 2.36. The van der Waals surface area contributed by atoms with E-state index in [9.17, 15) is 47.7 Å². The van der Waals surface area contributed by atoms with Crippen molar-refractivity contribution in [3.8, 4) is 0 Å². The second-order valence-electron chi connectivity index (χ2n) is 15.7. The summed E-state index contributed by atoms with van der Waals surface area (Å²) in [5, 5.41) is 25.6. The van der Waals surface area contributed by atoms with E-state index < -0.39 is 107 Å². The number of ether oxygens (including phenoxy) is 1. The Morgan fingerprint density at radius 2 is 1.41 bits per heavy atom. The normalized spacial score (nSPS) is 22.3. The van der Waals surface area contributed by atoms with Gasteiger partial charge in [0.05, 0.1) is 0 Å². The van der Waals surface area contributed by atoms with Crippen LogP contribution in [-0.4, -0.2) is 130 Å². The third-order valence-electron chi connectivity index (χ3n) is 10.9. The van der Waals surface area contributed by atoms with Crippen LogP contribution >= 0.6 is 0 Å². The van der Waals surface area contributed by atoms with Gasteiger partial charge in [0, 0.05) is 43.3 Å². The number of carboxylic acids is 1. The number of aliphatic carboxylic acids is 1. The number of urea groups is 1. The molecule has 1 heterocycles. The second kappa shape index (κ2) is 26.6. The van der Waals surface area contributed by atoms with Gasteiger partial charge in [-0.3, -0.25) is 33.0 Å². The summed E-state index contributed by atoms with van der Waals surface area (Å²) in [6, 6.07) is 9.81. The van der Waals surface area contributed by atoms with Crippen LogP contribution in [0.15, 0.2) is 60.7 Å². The summed E-state index contributed by atoms with van der Waals surface area (Å²) in [6.07, 6.45) is 3.07. The van der Waals surface area contributed by atoms with Crippen molar-refractivity contribution in [1.29, 1.82) is 0 Å². The standard InChI is InChI=1S/C44H63N7O11S/c1-6-28(2)37(43(58)59)50-44(60)49-32-19-13-14-25-45-38(53)35(27-62-29(3)52)48-41(56)36(23-21-31-17-11-8-12-18-31)51(4)42(57)34(22-20-30-15-9-7-10-16-30)47-40(55)33(46-39(32)54)24-26-63(5)61/h7-12,15-18,28,32-37H,6,13-14,19-27H2,1-5H3,(H,45,53)(H,46,54)(H,47,55)(H,48,56)(H,58,59)(H2,49,50,60)/t28-,32+,33+,34-,35+,36+,37-,63-/m0/s1. The molecule has 63 heavy (non-hydrogen) atoms. The van der Waals surface area contributed by atoms with Crippen molar-refractivity contribution in [3.63, 3.8) is 0 Å². The fraction of sp³-hybridized carbons (Fsp3) is 0.545. The zero-order chi connectivity index (χ0) is 46.5. The topological polar surface area (TPSA) is 259 Å². The number of hydrogen-bond donors (Lipinski definition) is 7. The van der Waals surface area contributed by atoms with Gasteiger partial charge in [0.25, 0.3) is 0 Å². The number of esters is 1. The van der Waals surface area contributed by atoms with Crippen LogP contribution in [0.25, 0.3) is 0 Å². The van der Waals surface area contributed by atoms with E-state index in [1.54, 1.807) is 13.8 Å². The Bertz CT molecular complexity index is 1890. The second-order valence-corrected chi connectivity index (χ2v) is 17.3. The highest BCUT2D eigenvalue weighted by atomic mass is 32.2. The molecule has 0 bridgehead atoms. The molecular weight excluding hydrogens is 835 g/mol. The Kier molecular flexibility index (Phi) is 21.7. The van der Waals surface area contributed by atoms with E-state index in [2.05, 4.69) is 31.9 Å². The van der Waals surface area contributed by atoms with E-state index in [1.807, 2.05) is 60.7 Å². The highest BCUT2D eigenvalue weighted by Crippen LogP contribution is 2.16. The Balaban J connectivity index is 2.08. The van der Waals surface area contributed by atoms with Crippen LogP contribution in [0.2, 0.25) is 0 Å². The highest BCUT2D eigenvalue weighted by molar-refractivity contribution is 7.84. The van der Waals surface area contributed by atoms with Crippen molar-refractivity contribution in [2.45, 2.75) is 115 Å². The van der Waals surface area contributed by atoms with Gasteiger partial charge in [-0.15, -0.1) is 0 Å². The molecule has 8 atom stereocenters. The van der Waals surface area contributed by atoms with Gasteiger partial charge >= 0.3 is 18.0 Å². The molecule has 2 aromatic carbocycles. The third-order valence-corrected chi connectivity index (χ3v) is 11.7. The van der Waals surface area contributed by atoms with Crippen molar-refractivity contribution < 1.29 is 52.4 Å². The number of likely N-dealkylation sites (N-methyl/N-ethyl adjacent to an activating group) is 1. The summed E-state index contributed by atoms with van der Waals surface area (Å²) in [4.78, 5) is 109. The number of rotatable bonds is 16. The molecule has 0 unspecified atom stereocenters. The molecule has 19 heteroatoms. The quantitative estimate of drug-likeness (QED) is 0.118. The number of benzene rings is 2. The Hall–Kier alpha value is -5.85. The molecule has 0 saturated carbocycles. The number of aryl methyl sites for hydroxylation is 2. The van der Waals surface area contributed by atoms with E-state index in [0.717, 1.165) is 18.1 Å². The number of nitrogens with zero attached hydrogens (tertiary/aromatic N) is 1. The minimum Gasteiger partial charge on any atom is -0.480 e. The maximum atomic E-state index is 14.6. The van der Waals surface area contributed by atoms with Gasteiger partial charge in [-0.05, 0) is 68.4 Å². The van der Waals surface area contributed by atoms with Crippen LogP contribution in [0.4, 0.5) is 4.79 Å². The summed E-state index contributed by atoms with van der Waals surface area (Å²) in [5.41, 5.74) is 1.73. The van der Waals surface area contributed by atoms with Gasteiger partial charge in [-0.1, -0.05) is 80.9 Å². The maximum absolute atomic E-state index is 14.6. The molecule has 0 radical (unpaired) electrons. The minimum atomic E-state index is -1.40. The first-order valence-electron chi connectivity index (χ1n) is 21.3. The first kappa shape index (κ1) is 51.5. The van der Waals surface area contributed by atoms with E-state index >= 15 is 0 Å². The van der Waals surface area contributed by atoms with Crippen molar-refractivity contribution >= 4 is 58.3 Å². The minimum absolute atomic E-state index is 0.00931. The third kappa shape index (κ3) is 17.8. The van der Waals surface area contributed by atoms with Crippen LogP contribution < -0.4 is 31.9 Å². The summed E-state index contributed by atoms with van der Waals surface area (Å²) >= 11 is 0. The fourth-order valence-electron chi connectivity index (χ4n) is 6.91. The number of carboxylic acid groups (broad SMARTS) is 1. The molecule has 1 saturated heterocycles. The maximum Gasteiger partial charge on any atom is 0.326 e. The lowest BCUT2D eigenvalue weighted by atomic mass is 9.99. The molecule has 0 aliphatic carbocycles. The predicted molar refractivity (Wildman–Crippen MR) is 235 cm³/mol. The predicted octanol–water partition coefficient (Wildman–Crippen LogP) is 1.33. The van der Waals surface area contributed by atoms with Crippen molar-refractivity contribution in [2.75, 3.05) is 32.2 Å². The number of carbonyl (C=O) groups is 8. The summed E-state index contributed by atoms with van der Waals surface area (Å²) < 4.78 is 17.5. The van der Waals surface area contributed by atoms with Crippen molar-refractivity contribution in [1.82, 2.24) is 36.8 Å². The molecule has 3 rings (SSSR count). The molecule has 1 fully saturated rings. The molecule has 0 spiro atoms. The van der Waals surface area contributed by atoms with Gasteiger partial charge in [0.1, 0.15) is 42.9 Å². The van der Waals surface area contributed by atoms with Crippen LogP contribution in [0.1, 0.15) is 76.8 Å². The molecule has 18 nitrogen and oxygen atoms in total. The van der Waals surface area contributed by atoms with Gasteiger partial charge in [-0.25, -0.2) is 9.59 Å². The zero-order valence-electron chi connectivity index (χ0n) is 36.7. The molecular formula is C44H63N7O11S. The van der Waals surface area contributed by atoms with Crippen LogP contribution in [0.5, 0.6) is 0 Å². The lowest BCUT2D eigenvalue weighted by Gasteiger charge is -2.32. The lowest BCUT2D eigenvalue weighted by molar-refractivity contribution is -0.146. The Labute approximate surface area is 371 Å². The molecule has 346 valence electrons. The summed E-state index contributed by atoms with van der Waals surface area (Å²) in [6.45, 7) is 4.10. The molecule has 7 N–H and O–H groups in total. The number of amides is 7. The van der Waals surface area contributed by atoms with E-state index in [0.29, 0.717) is 19.3 Å². The van der Waals surface area contributed by atoms with Crippen molar-refractivity contribution in [2.24, 2.45) is 5.92 Å². The monoisotopic (exact) mass is 897 g/mol. The molecule has 1 aliphatic heterocycles. The average Bonchev–Trinajstić information content (AvgIpc) is 3.25. The Morgan fingerprint density at radius 3 is 1.98 bits per heavy atom. The molecule has 2 aromatic rings. The van der Waals surface area contributed by atoms with Crippen LogP contribution in [-0.2, 0) is 61.9 Å². The van der Waals surface area contributed by atoms with Crippen LogP contribution in [0, 0.1) is 5.92 Å². The number of carbonyl (C=O) groups excluding carboxylic acids is 7. The van der Waals surface area contributed by atoms with Crippen LogP contribution in [0.3, 0.4) is 0 Å². The summed E-state index contributed by atoms with van der Waals surface area (Å²) in [7, 11) is 0.0144. The summed E-state index contributed by atoms with van der Waals surface area (Å²) in [5.74, 6) is -6.04. The largest absolute Gasteiger partial charge is 0.480 e. The molecule has 7 amide bonds. The van der Waals surface area contributed by atoms with E-state index in [-0.39, 0.29) is 50.8 Å². The van der Waals surface area contributed by atoms with Gasteiger partial charge < -0.3 is 46.6 Å². The van der Waals surface area contributed by atoms with E-state index in [4.69, 9.17) is 4.74 Å². The fourth-order valence-corrected chi connectivity index (χ4v) is 7.48. The van der Waals surface area contributed by atoms with Gasteiger partial charge in [0.15, 0.2) is 0 Å². The SMILES string of the molecule is CC[C@H](C)[C@H](NC(=O)N[C@@H]1CCCCNC(=O)[C@@H](COC(C)=O)NC(=O)[C@@H](CCc2ccccc2)N(C)C(=O)[C@H](CCc2ccccc2)NC(=O)[C@@H](CC[S@](C)=O)NC1=O)C(=O)O. The molecule has 0 aromatic heterocycles. The molecule has 1 aliphatic rings. The average molecular weight is 898 g/mol.